The van der Waals surface area contributed by atoms with Crippen LogP contribution in [0.3, 0.4) is 0 Å². The summed E-state index contributed by atoms with van der Waals surface area (Å²) in [5.74, 6) is 0. The number of hydrogen-bond acceptors (Lipinski definition) is 3. The van der Waals surface area contributed by atoms with Gasteiger partial charge in [-0.15, -0.1) is 0 Å². The van der Waals surface area contributed by atoms with Gasteiger partial charge in [-0.05, 0) is 0 Å². The fourth-order valence-electron chi connectivity index (χ4n) is 0. The van der Waals surface area contributed by atoms with Crippen molar-refractivity contribution in [2.75, 3.05) is 0 Å². The first-order valence-corrected chi connectivity index (χ1v) is 0.775. The van der Waals surface area contributed by atoms with Crippen LogP contribution >= 0.6 is 0 Å². The summed E-state index contributed by atoms with van der Waals surface area (Å²) in [5, 5.41) is 21.5. The van der Waals surface area contributed by atoms with Crippen molar-refractivity contribution in [2.24, 2.45) is 0 Å². The van der Waals surface area contributed by atoms with Gasteiger partial charge in [-0.2, -0.15) is 0 Å². The van der Waals surface area contributed by atoms with Gasteiger partial charge in [-0.1, -0.05) is 7.43 Å². The molecule has 0 unspecified atom stereocenters. The Morgan fingerprint density at radius 3 is 1.00 bits per heavy atom. The zero-order valence-electron chi connectivity index (χ0n) is 2.30. The molecule has 0 saturated heterocycles. The summed E-state index contributed by atoms with van der Waals surface area (Å²) >= 11 is 0. The van der Waals surface area contributed by atoms with E-state index in [1.54, 1.807) is 0 Å². The minimum absolute atomic E-state index is 0. The molecule has 3 N–H and O–H groups in total. The van der Waals surface area contributed by atoms with Crippen LogP contribution in [0, 0.1) is 0 Å². The first-order chi connectivity index (χ1) is 1.73. The molecule has 41 valence electrons. The van der Waals surface area contributed by atoms with Gasteiger partial charge in [0.15, 0.2) is 0 Å². The van der Waals surface area contributed by atoms with Crippen molar-refractivity contribution in [3.05, 3.63) is 0 Å². The Labute approximate surface area is 65.9 Å². The van der Waals surface area contributed by atoms with Crippen LogP contribution in [-0.2, 0) is 17.1 Å². The van der Waals surface area contributed by atoms with E-state index in [4.69, 9.17) is 15.1 Å². The van der Waals surface area contributed by atoms with Crippen LogP contribution in [-0.4, -0.2) is 41.3 Å². The zero-order chi connectivity index (χ0) is 3.58. The molecule has 0 aromatic heterocycles. The molecule has 7 heavy (non-hydrogen) atoms. The summed E-state index contributed by atoms with van der Waals surface area (Å²) in [7, 11) is -2.17. The largest absolute Gasteiger partial charge is 0 e. The Bertz CT molecular complexity index is 19.7. The van der Waals surface area contributed by atoms with Gasteiger partial charge in [-0.25, -0.2) is 0 Å². The molecule has 0 aliphatic carbocycles. The fraction of sp³-hybridized carbons (Fsp3) is 1.00. The van der Waals surface area contributed by atoms with Crippen molar-refractivity contribution in [1.82, 2.24) is 0 Å². The second kappa shape index (κ2) is 15.7. The standard InChI is InChI=1S/CH4.BH3O3.Li.Mn.H/c;2-1(3)4;;;/h1H4;2-4H;;;. The molecule has 6 heteroatoms. The first-order valence-electron chi connectivity index (χ1n) is 0.775. The van der Waals surface area contributed by atoms with Crippen molar-refractivity contribution < 1.29 is 32.1 Å². The van der Waals surface area contributed by atoms with Crippen molar-refractivity contribution in [2.45, 2.75) is 7.43 Å². The molecule has 0 heterocycles. The molecule has 3 nitrogen and oxygen atoms in total. The molecule has 0 saturated carbocycles. The Kier molecular flexibility index (Phi) is 54.8. The van der Waals surface area contributed by atoms with Gasteiger partial charge in [0.1, 0.15) is 0 Å². The molecule has 0 aliphatic rings. The molecular formula is CH8BLiMnO3. The average molecular weight is 141 g/mol. The summed E-state index contributed by atoms with van der Waals surface area (Å²) in [4.78, 5) is 0. The molecule has 0 atom stereocenters. The van der Waals surface area contributed by atoms with Crippen LogP contribution in [0.2, 0.25) is 0 Å². The van der Waals surface area contributed by atoms with Crippen LogP contribution in [0.1, 0.15) is 7.43 Å². The molecule has 0 aliphatic heterocycles. The van der Waals surface area contributed by atoms with E-state index in [9.17, 15) is 0 Å². The molecule has 0 aromatic rings. The van der Waals surface area contributed by atoms with E-state index in [1.807, 2.05) is 0 Å². The van der Waals surface area contributed by atoms with E-state index >= 15 is 0 Å². The SMILES string of the molecule is C.OB(O)O.[LiH].[Mn]. The number of hydrogen-bond donors (Lipinski definition) is 3. The molecule has 0 amide bonds. The Hall–Kier alpha value is 1.06. The van der Waals surface area contributed by atoms with Crippen molar-refractivity contribution in [3.63, 3.8) is 0 Å². The van der Waals surface area contributed by atoms with Crippen LogP contribution in [0.5, 0.6) is 0 Å². The molecule has 1 radical (unpaired) electrons. The first kappa shape index (κ1) is 24.4. The predicted octanol–water partition coefficient (Wildman–Crippen LogP) is -2.07. The van der Waals surface area contributed by atoms with Gasteiger partial charge in [0.25, 0.3) is 0 Å². The van der Waals surface area contributed by atoms with E-state index in [-0.39, 0.29) is 43.4 Å². The maximum Gasteiger partial charge on any atom is 0 e. The Morgan fingerprint density at radius 1 is 1.00 bits per heavy atom. The molecule has 0 spiro atoms. The molecular weight excluding hydrogens is 133 g/mol. The summed E-state index contributed by atoms with van der Waals surface area (Å²) in [5.41, 5.74) is 0. The topological polar surface area (TPSA) is 60.7 Å². The van der Waals surface area contributed by atoms with E-state index in [2.05, 4.69) is 0 Å². The monoisotopic (exact) mass is 141 g/mol. The maximum absolute atomic E-state index is 7.17. The Balaban J connectivity index is -0.0000000150. The van der Waals surface area contributed by atoms with Crippen LogP contribution in [0.15, 0.2) is 0 Å². The van der Waals surface area contributed by atoms with Gasteiger partial charge in [0, 0.05) is 17.1 Å². The van der Waals surface area contributed by atoms with Gasteiger partial charge in [-0.3, -0.25) is 0 Å². The third-order valence-electron chi connectivity index (χ3n) is 0. The van der Waals surface area contributed by atoms with E-state index in [0.29, 0.717) is 0 Å². The van der Waals surface area contributed by atoms with Crippen molar-refractivity contribution >= 4 is 26.2 Å². The predicted molar refractivity (Wildman–Crippen MR) is 26.3 cm³/mol. The second-order valence-corrected chi connectivity index (χ2v) is 0.346. The van der Waals surface area contributed by atoms with Gasteiger partial charge >= 0.3 is 26.2 Å². The molecule has 0 fully saturated rings. The van der Waals surface area contributed by atoms with Gasteiger partial charge in [0.05, 0.1) is 0 Å². The third kappa shape index (κ3) is 160. The van der Waals surface area contributed by atoms with Gasteiger partial charge < -0.3 is 15.1 Å². The van der Waals surface area contributed by atoms with Crippen LogP contribution < -0.4 is 0 Å². The minimum atomic E-state index is -2.17. The van der Waals surface area contributed by atoms with Crippen LogP contribution in [0.25, 0.3) is 0 Å². The van der Waals surface area contributed by atoms with E-state index in [0.717, 1.165) is 0 Å². The summed E-state index contributed by atoms with van der Waals surface area (Å²) in [6, 6.07) is 0. The minimum Gasteiger partial charge on any atom is 0 e. The fourth-order valence-corrected chi connectivity index (χ4v) is 0. The molecule has 0 rings (SSSR count). The molecule has 0 bridgehead atoms. The van der Waals surface area contributed by atoms with Crippen molar-refractivity contribution in [3.8, 4) is 0 Å². The quantitative estimate of drug-likeness (QED) is 0.339. The average Bonchev–Trinajstić information content (AvgIpc) is 0.811. The normalized spacial score (nSPS) is 3.86. The van der Waals surface area contributed by atoms with Crippen LogP contribution in [0.4, 0.5) is 0 Å². The van der Waals surface area contributed by atoms with E-state index < -0.39 is 7.32 Å². The Morgan fingerprint density at radius 2 is 1.00 bits per heavy atom. The number of rotatable bonds is 0. The summed E-state index contributed by atoms with van der Waals surface area (Å²) in [6.45, 7) is 0. The van der Waals surface area contributed by atoms with Gasteiger partial charge in [0.2, 0.25) is 0 Å². The summed E-state index contributed by atoms with van der Waals surface area (Å²) in [6.07, 6.45) is 0. The van der Waals surface area contributed by atoms with E-state index in [1.165, 1.54) is 0 Å². The second-order valence-electron chi connectivity index (χ2n) is 0.346. The van der Waals surface area contributed by atoms with Crippen molar-refractivity contribution in [1.29, 1.82) is 0 Å². The third-order valence-corrected chi connectivity index (χ3v) is 0. The maximum atomic E-state index is 7.17. The smallest absolute Gasteiger partial charge is 0 e. The summed E-state index contributed by atoms with van der Waals surface area (Å²) < 4.78 is 0. The zero-order valence-corrected chi connectivity index (χ0v) is 3.48. The molecule has 0 aromatic carbocycles.